The Balaban J connectivity index is 0.00000324. The Labute approximate surface area is 201 Å². The van der Waals surface area contributed by atoms with Gasteiger partial charge in [0.05, 0.1) is 10.3 Å². The van der Waals surface area contributed by atoms with E-state index in [9.17, 15) is 13.2 Å². The van der Waals surface area contributed by atoms with Crippen LogP contribution < -0.4 is 10.0 Å². The number of sulfonamides is 1. The van der Waals surface area contributed by atoms with Gasteiger partial charge in [-0.3, -0.25) is 4.79 Å². The van der Waals surface area contributed by atoms with Crippen molar-refractivity contribution in [1.29, 1.82) is 0 Å². The Kier molecular flexibility index (Phi) is 6.88. The lowest BCUT2D eigenvalue weighted by atomic mass is 9.68. The van der Waals surface area contributed by atoms with Crippen LogP contribution in [0.1, 0.15) is 39.1 Å². The predicted molar refractivity (Wildman–Crippen MR) is 135 cm³/mol. The molecule has 0 spiro atoms. The van der Waals surface area contributed by atoms with Gasteiger partial charge in [0.25, 0.3) is 0 Å². The van der Waals surface area contributed by atoms with Crippen molar-refractivity contribution >= 4 is 33.2 Å². The fraction of sp³-hybridized carbons (Fsp3) is 0.269. The van der Waals surface area contributed by atoms with E-state index in [1.54, 1.807) is 24.3 Å². The highest BCUT2D eigenvalue weighted by Gasteiger charge is 2.41. The van der Waals surface area contributed by atoms with Crippen LogP contribution in [0.15, 0.2) is 77.7 Å². The molecular formula is C26H29ClN2O3S. The van der Waals surface area contributed by atoms with Crippen LogP contribution in [0.5, 0.6) is 0 Å². The van der Waals surface area contributed by atoms with Crippen molar-refractivity contribution in [3.63, 3.8) is 0 Å². The molecule has 7 heteroatoms. The predicted octanol–water partition coefficient (Wildman–Crippen LogP) is 6.00. The van der Waals surface area contributed by atoms with E-state index in [0.29, 0.717) is 10.7 Å². The zero-order valence-corrected chi connectivity index (χ0v) is 20.0. The molecule has 174 valence electrons. The van der Waals surface area contributed by atoms with Crippen LogP contribution in [0.3, 0.4) is 0 Å². The van der Waals surface area contributed by atoms with Gasteiger partial charge >= 0.3 is 0 Å². The highest BCUT2D eigenvalue weighted by Crippen LogP contribution is 2.41. The van der Waals surface area contributed by atoms with Gasteiger partial charge in [-0.05, 0) is 73.0 Å². The number of anilines is 1. The number of hydrogen-bond acceptors (Lipinski definition) is 3. The summed E-state index contributed by atoms with van der Waals surface area (Å²) in [5.74, 6) is -0.00265. The number of amides is 1. The number of carbonyl (C=O) groups excluding carboxylic acids is 1. The summed E-state index contributed by atoms with van der Waals surface area (Å²) in [5.41, 5.74) is 2.91. The monoisotopic (exact) mass is 484 g/mol. The Hall–Kier alpha value is -2.67. The third-order valence-electron chi connectivity index (χ3n) is 6.43. The van der Waals surface area contributed by atoms with Crippen molar-refractivity contribution in [2.24, 2.45) is 0 Å². The average molecular weight is 485 g/mol. The van der Waals surface area contributed by atoms with Crippen molar-refractivity contribution in [2.45, 2.75) is 42.4 Å². The second kappa shape index (κ2) is 9.67. The first-order valence-corrected chi connectivity index (χ1v) is 12.9. The fourth-order valence-electron chi connectivity index (χ4n) is 4.54. The van der Waals surface area contributed by atoms with Crippen LogP contribution in [-0.2, 0) is 20.2 Å². The van der Waals surface area contributed by atoms with E-state index in [1.165, 1.54) is 7.05 Å². The smallest absolute Gasteiger partial charge is 0.240 e. The molecule has 4 rings (SSSR count). The SMILES string of the molecule is CNS(=O)(=O)c1ccc(-c2cccc(NC(=O)C3(c4ccc(Cl)cc4)CCCCC3)c2)cc1.[HH]. The molecule has 33 heavy (non-hydrogen) atoms. The minimum atomic E-state index is -3.48. The van der Waals surface area contributed by atoms with Crippen LogP contribution >= 0.6 is 11.6 Å². The van der Waals surface area contributed by atoms with Crippen molar-refractivity contribution in [2.75, 3.05) is 12.4 Å². The van der Waals surface area contributed by atoms with Gasteiger partial charge in [0.2, 0.25) is 15.9 Å². The first kappa shape index (κ1) is 23.5. The quantitative estimate of drug-likeness (QED) is 0.450. The summed E-state index contributed by atoms with van der Waals surface area (Å²) in [6.07, 6.45) is 4.77. The van der Waals surface area contributed by atoms with Crippen LogP contribution in [0.25, 0.3) is 11.1 Å². The zero-order valence-electron chi connectivity index (χ0n) is 18.5. The Morgan fingerprint density at radius 3 is 2.21 bits per heavy atom. The third-order valence-corrected chi connectivity index (χ3v) is 8.11. The second-order valence-corrected chi connectivity index (χ2v) is 10.7. The standard InChI is InChI=1S/C26H27ClN2O3S.H2/c1-28-33(31,32)24-14-8-19(9-15-24)20-6-5-7-23(18-20)29-25(30)26(16-3-2-4-17-26)21-10-12-22(27)13-11-21;/h5-15,18,28H,2-4,16-17H2,1H3,(H,29,30);1H. The van der Waals surface area contributed by atoms with Crippen LogP contribution in [-0.4, -0.2) is 21.4 Å². The normalized spacial score (nSPS) is 15.7. The first-order chi connectivity index (χ1) is 15.8. The summed E-state index contributed by atoms with van der Waals surface area (Å²) in [7, 11) is -2.10. The molecule has 0 aromatic heterocycles. The molecule has 2 N–H and O–H groups in total. The molecule has 0 radical (unpaired) electrons. The van der Waals surface area contributed by atoms with Crippen molar-refractivity contribution in [3.05, 3.63) is 83.4 Å². The van der Waals surface area contributed by atoms with Gasteiger partial charge in [0.1, 0.15) is 0 Å². The Morgan fingerprint density at radius 2 is 1.58 bits per heavy atom. The number of nitrogens with one attached hydrogen (secondary N) is 2. The summed E-state index contributed by atoms with van der Waals surface area (Å²) in [6.45, 7) is 0. The van der Waals surface area contributed by atoms with Gasteiger partial charge in [-0.1, -0.05) is 67.3 Å². The molecule has 0 atom stereocenters. The molecule has 1 saturated carbocycles. The van der Waals surface area contributed by atoms with Crippen LogP contribution in [0, 0.1) is 0 Å². The van der Waals surface area contributed by atoms with E-state index in [0.717, 1.165) is 48.8 Å². The highest BCUT2D eigenvalue weighted by atomic mass is 35.5. The van der Waals surface area contributed by atoms with Crippen molar-refractivity contribution < 1.29 is 14.6 Å². The molecule has 0 unspecified atom stereocenters. The molecule has 0 bridgehead atoms. The number of halogens is 1. The maximum atomic E-state index is 13.6. The topological polar surface area (TPSA) is 75.3 Å². The minimum absolute atomic E-state index is 0. The van der Waals surface area contributed by atoms with Gasteiger partial charge in [0.15, 0.2) is 0 Å². The van der Waals surface area contributed by atoms with Crippen molar-refractivity contribution in [1.82, 2.24) is 4.72 Å². The molecule has 3 aromatic rings. The summed E-state index contributed by atoms with van der Waals surface area (Å²) < 4.78 is 26.3. The molecule has 1 amide bonds. The van der Waals surface area contributed by atoms with Crippen molar-refractivity contribution in [3.8, 4) is 11.1 Å². The number of carbonyl (C=O) groups is 1. The Morgan fingerprint density at radius 1 is 0.909 bits per heavy atom. The molecular weight excluding hydrogens is 456 g/mol. The molecule has 1 aliphatic carbocycles. The van der Waals surface area contributed by atoms with Gasteiger partial charge in [-0.25, -0.2) is 13.1 Å². The summed E-state index contributed by atoms with van der Waals surface area (Å²) >= 11 is 6.09. The minimum Gasteiger partial charge on any atom is -0.325 e. The average Bonchev–Trinajstić information content (AvgIpc) is 2.85. The summed E-state index contributed by atoms with van der Waals surface area (Å²) in [4.78, 5) is 13.8. The fourth-order valence-corrected chi connectivity index (χ4v) is 5.40. The van der Waals surface area contributed by atoms with E-state index in [-0.39, 0.29) is 12.2 Å². The van der Waals surface area contributed by atoms with E-state index in [4.69, 9.17) is 11.6 Å². The van der Waals surface area contributed by atoms with Crippen LogP contribution in [0.2, 0.25) is 5.02 Å². The zero-order chi connectivity index (χ0) is 23.5. The molecule has 1 fully saturated rings. The van der Waals surface area contributed by atoms with Gasteiger partial charge in [-0.2, -0.15) is 0 Å². The van der Waals surface area contributed by atoms with Gasteiger partial charge in [-0.15, -0.1) is 0 Å². The van der Waals surface area contributed by atoms with Crippen LogP contribution in [0.4, 0.5) is 5.69 Å². The third kappa shape index (κ3) is 4.98. The van der Waals surface area contributed by atoms with E-state index >= 15 is 0 Å². The molecule has 0 heterocycles. The lowest BCUT2D eigenvalue weighted by Gasteiger charge is -2.36. The van der Waals surface area contributed by atoms with Gasteiger partial charge < -0.3 is 5.32 Å². The number of benzene rings is 3. The summed E-state index contributed by atoms with van der Waals surface area (Å²) in [6, 6.07) is 21.9. The number of hydrogen-bond donors (Lipinski definition) is 2. The highest BCUT2D eigenvalue weighted by molar-refractivity contribution is 7.89. The molecule has 3 aromatic carbocycles. The number of rotatable bonds is 6. The molecule has 1 aliphatic rings. The van der Waals surface area contributed by atoms with Gasteiger partial charge in [0, 0.05) is 12.1 Å². The maximum Gasteiger partial charge on any atom is 0.240 e. The first-order valence-electron chi connectivity index (χ1n) is 11.1. The Bertz CT molecular complexity index is 1240. The maximum absolute atomic E-state index is 13.6. The van der Waals surface area contributed by atoms with E-state index < -0.39 is 15.4 Å². The molecule has 0 aliphatic heterocycles. The van der Waals surface area contributed by atoms with E-state index in [1.807, 2.05) is 48.5 Å². The van der Waals surface area contributed by atoms with E-state index in [2.05, 4.69) is 10.0 Å². The lowest BCUT2D eigenvalue weighted by Crippen LogP contribution is -2.42. The molecule has 0 saturated heterocycles. The second-order valence-electron chi connectivity index (χ2n) is 8.42. The molecule has 5 nitrogen and oxygen atoms in total. The lowest BCUT2D eigenvalue weighted by molar-refractivity contribution is -0.122. The summed E-state index contributed by atoms with van der Waals surface area (Å²) in [5, 5.41) is 3.80. The largest absolute Gasteiger partial charge is 0.325 e.